The van der Waals surface area contributed by atoms with Crippen LogP contribution in [0.1, 0.15) is 5.56 Å². The minimum absolute atomic E-state index is 0.509. The van der Waals surface area contributed by atoms with Crippen LogP contribution in [0.15, 0.2) is 54.7 Å². The summed E-state index contributed by atoms with van der Waals surface area (Å²) in [5, 5.41) is 16.8. The van der Waals surface area contributed by atoms with Gasteiger partial charge in [0, 0.05) is 22.9 Å². The maximum atomic E-state index is 10.3. The number of nitrogens with one attached hydrogen (secondary N) is 4. The highest BCUT2D eigenvalue weighted by molar-refractivity contribution is 6.30. The molecule has 1 amide bonds. The SMILES string of the molecule is O=CNCc1ccc(Nc2[nH]ncc2Nc2cccc(Cl)c2)cc1. The van der Waals surface area contributed by atoms with Crippen LogP contribution in [0, 0.1) is 0 Å². The first-order valence-electron chi connectivity index (χ1n) is 7.33. The van der Waals surface area contributed by atoms with Crippen molar-refractivity contribution >= 4 is 40.9 Å². The predicted octanol–water partition coefficient (Wildman–Crippen LogP) is 3.80. The van der Waals surface area contributed by atoms with Gasteiger partial charge < -0.3 is 16.0 Å². The van der Waals surface area contributed by atoms with Crippen molar-refractivity contribution in [2.24, 2.45) is 0 Å². The summed E-state index contributed by atoms with van der Waals surface area (Å²) in [5.74, 6) is 0.744. The van der Waals surface area contributed by atoms with Crippen LogP contribution in [0.5, 0.6) is 0 Å². The molecule has 7 heteroatoms. The van der Waals surface area contributed by atoms with Gasteiger partial charge in [0.05, 0.1) is 6.20 Å². The number of aromatic nitrogens is 2. The molecule has 6 nitrogen and oxygen atoms in total. The highest BCUT2D eigenvalue weighted by Gasteiger charge is 2.06. The number of benzene rings is 2. The minimum atomic E-state index is 0.509. The zero-order valence-electron chi connectivity index (χ0n) is 12.7. The Morgan fingerprint density at radius 3 is 2.67 bits per heavy atom. The van der Waals surface area contributed by atoms with Crippen LogP contribution in [0.3, 0.4) is 0 Å². The molecule has 2 aromatic carbocycles. The van der Waals surface area contributed by atoms with Crippen molar-refractivity contribution in [3.63, 3.8) is 0 Å². The van der Waals surface area contributed by atoms with E-state index in [-0.39, 0.29) is 0 Å². The molecule has 4 N–H and O–H groups in total. The number of carbonyl (C=O) groups is 1. The predicted molar refractivity (Wildman–Crippen MR) is 96.0 cm³/mol. The first-order chi connectivity index (χ1) is 11.7. The molecule has 0 aliphatic rings. The molecule has 0 atom stereocenters. The van der Waals surface area contributed by atoms with Crippen molar-refractivity contribution in [2.45, 2.75) is 6.54 Å². The quantitative estimate of drug-likeness (QED) is 0.493. The van der Waals surface area contributed by atoms with E-state index in [9.17, 15) is 4.79 Å². The van der Waals surface area contributed by atoms with E-state index in [0.717, 1.165) is 28.4 Å². The Labute approximate surface area is 144 Å². The Balaban J connectivity index is 1.70. The number of aromatic amines is 1. The number of hydrogen-bond donors (Lipinski definition) is 4. The van der Waals surface area contributed by atoms with Crippen molar-refractivity contribution in [3.8, 4) is 0 Å². The summed E-state index contributed by atoms with van der Waals surface area (Å²) in [6, 6.07) is 15.2. The topological polar surface area (TPSA) is 81.8 Å². The summed E-state index contributed by atoms with van der Waals surface area (Å²) in [4.78, 5) is 10.3. The van der Waals surface area contributed by atoms with E-state index in [2.05, 4.69) is 26.1 Å². The van der Waals surface area contributed by atoms with Crippen molar-refractivity contribution < 1.29 is 4.79 Å². The summed E-state index contributed by atoms with van der Waals surface area (Å²) in [6.45, 7) is 0.509. The molecule has 0 aliphatic heterocycles. The van der Waals surface area contributed by atoms with Crippen LogP contribution in [0.25, 0.3) is 0 Å². The van der Waals surface area contributed by atoms with E-state index >= 15 is 0 Å². The second kappa shape index (κ2) is 7.52. The average Bonchev–Trinajstić information content (AvgIpc) is 3.01. The summed E-state index contributed by atoms with van der Waals surface area (Å²) in [5.41, 5.74) is 3.61. The molecule has 1 aromatic heterocycles. The maximum absolute atomic E-state index is 10.3. The van der Waals surface area contributed by atoms with Crippen molar-refractivity contribution in [3.05, 3.63) is 65.3 Å². The number of nitrogens with zero attached hydrogens (tertiary/aromatic N) is 1. The fourth-order valence-electron chi connectivity index (χ4n) is 2.21. The van der Waals surface area contributed by atoms with Gasteiger partial charge in [-0.05, 0) is 35.9 Å². The standard InChI is InChI=1S/C17H16ClN5O/c18-13-2-1-3-15(8-13)21-16-10-20-23-17(16)22-14-6-4-12(5-7-14)9-19-11-24/h1-8,10-11,21H,9H2,(H,19,24)(H2,20,22,23). The van der Waals surface area contributed by atoms with Crippen molar-refractivity contribution in [1.29, 1.82) is 0 Å². The molecule has 1 heterocycles. The van der Waals surface area contributed by atoms with E-state index < -0.39 is 0 Å². The lowest BCUT2D eigenvalue weighted by molar-refractivity contribution is -0.109. The highest BCUT2D eigenvalue weighted by Crippen LogP contribution is 2.27. The number of halogens is 1. The molecule has 24 heavy (non-hydrogen) atoms. The average molecular weight is 342 g/mol. The molecule has 122 valence electrons. The van der Waals surface area contributed by atoms with Crippen LogP contribution < -0.4 is 16.0 Å². The molecule has 3 rings (SSSR count). The molecule has 0 saturated heterocycles. The van der Waals surface area contributed by atoms with Gasteiger partial charge in [0.15, 0.2) is 0 Å². The molecule has 0 bridgehead atoms. The smallest absolute Gasteiger partial charge is 0.207 e. The van der Waals surface area contributed by atoms with Gasteiger partial charge in [-0.15, -0.1) is 0 Å². The van der Waals surface area contributed by atoms with Gasteiger partial charge in [0.1, 0.15) is 11.5 Å². The number of amides is 1. The Bertz CT molecular complexity index is 816. The van der Waals surface area contributed by atoms with Gasteiger partial charge in [0.25, 0.3) is 0 Å². The Hall–Kier alpha value is -2.99. The van der Waals surface area contributed by atoms with Crippen LogP contribution in [0.4, 0.5) is 22.9 Å². The minimum Gasteiger partial charge on any atom is -0.355 e. The van der Waals surface area contributed by atoms with Crippen LogP contribution in [-0.2, 0) is 11.3 Å². The number of H-pyrrole nitrogens is 1. The molecule has 0 unspecified atom stereocenters. The molecular formula is C17H16ClN5O. The van der Waals surface area contributed by atoms with Crippen LogP contribution >= 0.6 is 11.6 Å². The zero-order chi connectivity index (χ0) is 16.8. The van der Waals surface area contributed by atoms with Gasteiger partial charge in [-0.2, -0.15) is 5.10 Å². The fraction of sp³-hybridized carbons (Fsp3) is 0.0588. The van der Waals surface area contributed by atoms with Gasteiger partial charge >= 0.3 is 0 Å². The molecule has 0 fully saturated rings. The van der Waals surface area contributed by atoms with Crippen molar-refractivity contribution in [2.75, 3.05) is 10.6 Å². The molecule has 0 spiro atoms. The zero-order valence-corrected chi connectivity index (χ0v) is 13.5. The largest absolute Gasteiger partial charge is 0.355 e. The Morgan fingerprint density at radius 1 is 1.08 bits per heavy atom. The Morgan fingerprint density at radius 2 is 1.92 bits per heavy atom. The molecule has 3 aromatic rings. The summed E-state index contributed by atoms with van der Waals surface area (Å²) in [6.07, 6.45) is 2.39. The van der Waals surface area contributed by atoms with Crippen molar-refractivity contribution in [1.82, 2.24) is 15.5 Å². The second-order valence-corrected chi connectivity index (χ2v) is 5.55. The summed E-state index contributed by atoms with van der Waals surface area (Å²) in [7, 11) is 0. The number of anilines is 4. The summed E-state index contributed by atoms with van der Waals surface area (Å²) >= 11 is 6.00. The van der Waals surface area contributed by atoms with Gasteiger partial charge in [-0.1, -0.05) is 29.8 Å². The van der Waals surface area contributed by atoms with Gasteiger partial charge in [0.2, 0.25) is 6.41 Å². The van der Waals surface area contributed by atoms with E-state index in [4.69, 9.17) is 11.6 Å². The number of rotatable bonds is 7. The van der Waals surface area contributed by atoms with E-state index in [1.165, 1.54) is 0 Å². The lowest BCUT2D eigenvalue weighted by Crippen LogP contribution is -2.09. The first kappa shape index (κ1) is 15.9. The summed E-state index contributed by atoms with van der Waals surface area (Å²) < 4.78 is 0. The van der Waals surface area contributed by atoms with Crippen LogP contribution in [-0.4, -0.2) is 16.6 Å². The third-order valence-corrected chi connectivity index (χ3v) is 3.59. The first-order valence-corrected chi connectivity index (χ1v) is 7.71. The monoisotopic (exact) mass is 341 g/mol. The van der Waals surface area contributed by atoms with E-state index in [0.29, 0.717) is 18.0 Å². The molecule has 0 aliphatic carbocycles. The normalized spacial score (nSPS) is 10.2. The number of hydrogen-bond acceptors (Lipinski definition) is 4. The van der Waals surface area contributed by atoms with E-state index in [1.807, 2.05) is 48.5 Å². The second-order valence-electron chi connectivity index (χ2n) is 5.11. The number of carbonyl (C=O) groups excluding carboxylic acids is 1. The third-order valence-electron chi connectivity index (χ3n) is 3.36. The molecule has 0 radical (unpaired) electrons. The highest BCUT2D eigenvalue weighted by atomic mass is 35.5. The lowest BCUT2D eigenvalue weighted by atomic mass is 10.2. The van der Waals surface area contributed by atoms with Gasteiger partial charge in [-0.25, -0.2) is 0 Å². The van der Waals surface area contributed by atoms with Crippen LogP contribution in [0.2, 0.25) is 5.02 Å². The Kier molecular flexibility index (Phi) is 4.98. The van der Waals surface area contributed by atoms with E-state index in [1.54, 1.807) is 6.20 Å². The fourth-order valence-corrected chi connectivity index (χ4v) is 2.40. The maximum Gasteiger partial charge on any atom is 0.207 e. The molecular weight excluding hydrogens is 326 g/mol. The lowest BCUT2D eigenvalue weighted by Gasteiger charge is -2.10. The third kappa shape index (κ3) is 4.05. The van der Waals surface area contributed by atoms with Gasteiger partial charge in [-0.3, -0.25) is 9.89 Å². The molecule has 0 saturated carbocycles.